The number of carbonyl (C=O) groups is 1. The van der Waals surface area contributed by atoms with E-state index in [-0.39, 0.29) is 16.3 Å². The SMILES string of the molecule is CNC(=O)/C(C#N)=C\c1ccc(O)c(Cl)c1. The Morgan fingerprint density at radius 3 is 2.81 bits per heavy atom. The van der Waals surface area contributed by atoms with Crippen molar-refractivity contribution in [3.8, 4) is 11.8 Å². The third kappa shape index (κ3) is 2.75. The molecule has 0 aliphatic heterocycles. The molecule has 2 N–H and O–H groups in total. The van der Waals surface area contributed by atoms with Gasteiger partial charge in [0.05, 0.1) is 5.02 Å². The highest BCUT2D eigenvalue weighted by molar-refractivity contribution is 6.32. The highest BCUT2D eigenvalue weighted by Gasteiger charge is 2.06. The first-order valence-corrected chi connectivity index (χ1v) is 4.78. The van der Waals surface area contributed by atoms with Crippen LogP contribution in [0.3, 0.4) is 0 Å². The normalized spacial score (nSPS) is 10.7. The van der Waals surface area contributed by atoms with E-state index in [1.54, 1.807) is 12.1 Å². The minimum atomic E-state index is -0.466. The highest BCUT2D eigenvalue weighted by Crippen LogP contribution is 2.24. The summed E-state index contributed by atoms with van der Waals surface area (Å²) in [5, 5.41) is 20.5. The second kappa shape index (κ2) is 5.19. The minimum absolute atomic E-state index is 0.0238. The summed E-state index contributed by atoms with van der Waals surface area (Å²) in [6, 6.07) is 6.20. The zero-order valence-electron chi connectivity index (χ0n) is 8.49. The molecule has 0 bridgehead atoms. The number of benzene rings is 1. The average Bonchev–Trinajstić information content (AvgIpc) is 2.29. The number of rotatable bonds is 2. The molecule has 16 heavy (non-hydrogen) atoms. The molecular weight excluding hydrogens is 228 g/mol. The van der Waals surface area contributed by atoms with Crippen molar-refractivity contribution < 1.29 is 9.90 Å². The largest absolute Gasteiger partial charge is 0.506 e. The van der Waals surface area contributed by atoms with E-state index in [2.05, 4.69) is 5.32 Å². The molecule has 0 unspecified atom stereocenters. The van der Waals surface area contributed by atoms with Crippen LogP contribution in [0.5, 0.6) is 5.75 Å². The van der Waals surface area contributed by atoms with Crippen molar-refractivity contribution in [2.24, 2.45) is 0 Å². The van der Waals surface area contributed by atoms with Crippen LogP contribution in [0.25, 0.3) is 6.08 Å². The van der Waals surface area contributed by atoms with Gasteiger partial charge < -0.3 is 10.4 Å². The molecule has 0 radical (unpaired) electrons. The first kappa shape index (κ1) is 12.1. The molecule has 0 saturated heterocycles. The summed E-state index contributed by atoms with van der Waals surface area (Å²) in [6.45, 7) is 0. The van der Waals surface area contributed by atoms with Crippen LogP contribution in [-0.4, -0.2) is 18.1 Å². The Kier molecular flexibility index (Phi) is 3.92. The number of nitrogens with one attached hydrogen (secondary N) is 1. The molecule has 0 saturated carbocycles. The maximum atomic E-state index is 11.2. The van der Waals surface area contributed by atoms with E-state index in [4.69, 9.17) is 16.9 Å². The standard InChI is InChI=1S/C11H9ClN2O2/c1-14-11(16)8(6-13)4-7-2-3-10(15)9(12)5-7/h2-5,15H,1H3,(H,14,16)/b8-4-. The number of nitrogens with zero attached hydrogens (tertiary/aromatic N) is 1. The molecule has 0 aliphatic rings. The number of nitriles is 1. The quantitative estimate of drug-likeness (QED) is 0.606. The molecular formula is C11H9ClN2O2. The highest BCUT2D eigenvalue weighted by atomic mass is 35.5. The predicted octanol–water partition coefficient (Wildman–Crippen LogP) is 1.70. The van der Waals surface area contributed by atoms with Gasteiger partial charge in [-0.15, -0.1) is 0 Å². The summed E-state index contributed by atoms with van der Waals surface area (Å²) in [7, 11) is 1.44. The molecule has 5 heteroatoms. The van der Waals surface area contributed by atoms with Gasteiger partial charge in [-0.3, -0.25) is 4.79 Å². The van der Waals surface area contributed by atoms with Crippen molar-refractivity contribution in [1.82, 2.24) is 5.32 Å². The summed E-state index contributed by atoms with van der Waals surface area (Å²) >= 11 is 5.69. The molecule has 82 valence electrons. The summed E-state index contributed by atoms with van der Waals surface area (Å²) in [5.41, 5.74) is 0.548. The van der Waals surface area contributed by atoms with Gasteiger partial charge in [-0.05, 0) is 23.8 Å². The van der Waals surface area contributed by atoms with Crippen molar-refractivity contribution in [3.05, 3.63) is 34.4 Å². The number of carbonyl (C=O) groups excluding carboxylic acids is 1. The lowest BCUT2D eigenvalue weighted by Gasteiger charge is -2.00. The van der Waals surface area contributed by atoms with Crippen LogP contribution in [0, 0.1) is 11.3 Å². The van der Waals surface area contributed by atoms with Crippen molar-refractivity contribution in [2.45, 2.75) is 0 Å². The van der Waals surface area contributed by atoms with Gasteiger partial charge in [-0.25, -0.2) is 0 Å². The van der Waals surface area contributed by atoms with Crippen molar-refractivity contribution >= 4 is 23.6 Å². The number of phenols is 1. The second-order valence-corrected chi connectivity index (χ2v) is 3.37. The van der Waals surface area contributed by atoms with Crippen LogP contribution in [0.1, 0.15) is 5.56 Å². The molecule has 0 aromatic heterocycles. The molecule has 0 atom stereocenters. The van der Waals surface area contributed by atoms with E-state index < -0.39 is 5.91 Å². The average molecular weight is 237 g/mol. The fourth-order valence-electron chi connectivity index (χ4n) is 1.06. The molecule has 0 fully saturated rings. The van der Waals surface area contributed by atoms with Gasteiger partial charge >= 0.3 is 0 Å². The predicted molar refractivity (Wildman–Crippen MR) is 60.8 cm³/mol. The third-order valence-electron chi connectivity index (χ3n) is 1.87. The molecule has 0 heterocycles. The Bertz CT molecular complexity index is 489. The minimum Gasteiger partial charge on any atom is -0.506 e. The molecule has 0 aliphatic carbocycles. The van der Waals surface area contributed by atoms with E-state index in [9.17, 15) is 9.90 Å². The zero-order chi connectivity index (χ0) is 12.1. The molecule has 0 spiro atoms. The topological polar surface area (TPSA) is 73.1 Å². The maximum absolute atomic E-state index is 11.2. The van der Waals surface area contributed by atoms with Gasteiger partial charge in [-0.1, -0.05) is 17.7 Å². The van der Waals surface area contributed by atoms with E-state index in [0.29, 0.717) is 5.56 Å². The summed E-state index contributed by atoms with van der Waals surface area (Å²) in [6.07, 6.45) is 1.39. The van der Waals surface area contributed by atoms with Crippen LogP contribution in [0.15, 0.2) is 23.8 Å². The molecule has 1 rings (SSSR count). The molecule has 4 nitrogen and oxygen atoms in total. The lowest BCUT2D eigenvalue weighted by atomic mass is 10.1. The monoisotopic (exact) mass is 236 g/mol. The Balaban J connectivity index is 3.10. The van der Waals surface area contributed by atoms with Crippen LogP contribution < -0.4 is 5.32 Å². The van der Waals surface area contributed by atoms with Gasteiger partial charge in [0, 0.05) is 7.05 Å². The second-order valence-electron chi connectivity index (χ2n) is 2.96. The molecule has 1 amide bonds. The van der Waals surface area contributed by atoms with E-state index >= 15 is 0 Å². The fraction of sp³-hybridized carbons (Fsp3) is 0.0909. The van der Waals surface area contributed by atoms with Crippen molar-refractivity contribution in [2.75, 3.05) is 7.05 Å². The lowest BCUT2D eigenvalue weighted by molar-refractivity contribution is -0.116. The van der Waals surface area contributed by atoms with Gasteiger partial charge in [-0.2, -0.15) is 5.26 Å². The van der Waals surface area contributed by atoms with E-state index in [1.165, 1.54) is 25.3 Å². The Morgan fingerprint density at radius 1 is 1.62 bits per heavy atom. The summed E-state index contributed by atoms with van der Waals surface area (Å²) in [4.78, 5) is 11.2. The zero-order valence-corrected chi connectivity index (χ0v) is 9.25. The molecule has 1 aromatic rings. The van der Waals surface area contributed by atoms with Gasteiger partial charge in [0.2, 0.25) is 0 Å². The third-order valence-corrected chi connectivity index (χ3v) is 2.18. The smallest absolute Gasteiger partial charge is 0.261 e. The van der Waals surface area contributed by atoms with Crippen molar-refractivity contribution in [1.29, 1.82) is 5.26 Å². The van der Waals surface area contributed by atoms with Crippen LogP contribution in [-0.2, 0) is 4.79 Å². The number of hydrogen-bond donors (Lipinski definition) is 2. The van der Waals surface area contributed by atoms with Crippen LogP contribution in [0.2, 0.25) is 5.02 Å². The number of hydrogen-bond acceptors (Lipinski definition) is 3. The Labute approximate surface area is 97.8 Å². The Morgan fingerprint density at radius 2 is 2.31 bits per heavy atom. The number of likely N-dealkylation sites (N-methyl/N-ethyl adjacent to an activating group) is 1. The number of phenolic OH excluding ortho intramolecular Hbond substituents is 1. The van der Waals surface area contributed by atoms with Gasteiger partial charge in [0.25, 0.3) is 5.91 Å². The van der Waals surface area contributed by atoms with Crippen molar-refractivity contribution in [3.63, 3.8) is 0 Å². The van der Waals surface area contributed by atoms with Crippen LogP contribution in [0.4, 0.5) is 0 Å². The van der Waals surface area contributed by atoms with E-state index in [0.717, 1.165) is 0 Å². The number of aromatic hydroxyl groups is 1. The first-order chi connectivity index (χ1) is 7.58. The number of amides is 1. The summed E-state index contributed by atoms with van der Waals surface area (Å²) in [5.74, 6) is -0.510. The van der Waals surface area contributed by atoms with Gasteiger partial charge in [0.1, 0.15) is 17.4 Å². The Hall–Kier alpha value is -1.99. The summed E-state index contributed by atoms with van der Waals surface area (Å²) < 4.78 is 0. The lowest BCUT2D eigenvalue weighted by Crippen LogP contribution is -2.19. The van der Waals surface area contributed by atoms with Gasteiger partial charge in [0.15, 0.2) is 0 Å². The number of halogens is 1. The van der Waals surface area contributed by atoms with Crippen LogP contribution >= 0.6 is 11.6 Å². The molecule has 1 aromatic carbocycles. The van der Waals surface area contributed by atoms with E-state index in [1.807, 2.05) is 0 Å². The fourth-order valence-corrected chi connectivity index (χ4v) is 1.25. The first-order valence-electron chi connectivity index (χ1n) is 4.41. The maximum Gasteiger partial charge on any atom is 0.261 e.